The van der Waals surface area contributed by atoms with Gasteiger partial charge in [-0.1, -0.05) is 11.9 Å². The van der Waals surface area contributed by atoms with Crippen molar-refractivity contribution < 1.29 is 22.0 Å². The minimum Gasteiger partial charge on any atom is -0.354 e. The molecule has 3 heterocycles. The van der Waals surface area contributed by atoms with Crippen LogP contribution in [0.2, 0.25) is 0 Å². The molecule has 0 aliphatic carbocycles. The van der Waals surface area contributed by atoms with Gasteiger partial charge in [0, 0.05) is 62.0 Å². The first-order chi connectivity index (χ1) is 14.6. The molecule has 0 bridgehead atoms. The van der Waals surface area contributed by atoms with Gasteiger partial charge in [-0.05, 0) is 19.2 Å². The van der Waals surface area contributed by atoms with E-state index in [1.165, 1.54) is 10.9 Å². The molecular formula is C20H20F5N5S. The van der Waals surface area contributed by atoms with Crippen LogP contribution in [0.1, 0.15) is 11.1 Å². The molecule has 1 saturated heterocycles. The van der Waals surface area contributed by atoms with Crippen molar-refractivity contribution in [2.24, 2.45) is 7.05 Å². The molecule has 1 aromatic carbocycles. The summed E-state index contributed by atoms with van der Waals surface area (Å²) in [7, 11) is 1.63. The predicted octanol–water partition coefficient (Wildman–Crippen LogP) is 4.64. The SMILES string of the molecule is CSN1CCN(c2cc3c(cn2)c(-c2cc(C(F)(F)F)c(F)c(C)c2F)nn3C)CC1. The molecule has 0 saturated carbocycles. The van der Waals surface area contributed by atoms with Crippen LogP contribution >= 0.6 is 11.9 Å². The maximum absolute atomic E-state index is 14.8. The first-order valence-electron chi connectivity index (χ1n) is 9.54. The number of nitrogens with zero attached hydrogens (tertiary/aromatic N) is 5. The Morgan fingerprint density at radius 3 is 2.32 bits per heavy atom. The fraction of sp³-hybridized carbons (Fsp3) is 0.400. The van der Waals surface area contributed by atoms with E-state index < -0.39 is 34.5 Å². The lowest BCUT2D eigenvalue weighted by Crippen LogP contribution is -2.43. The molecule has 2 aromatic heterocycles. The lowest BCUT2D eigenvalue weighted by molar-refractivity contribution is -0.140. The highest BCUT2D eigenvalue weighted by atomic mass is 32.2. The number of hydrogen-bond acceptors (Lipinski definition) is 5. The average Bonchev–Trinajstić information content (AvgIpc) is 3.07. The van der Waals surface area contributed by atoms with E-state index in [4.69, 9.17) is 0 Å². The molecule has 166 valence electrons. The van der Waals surface area contributed by atoms with Crippen LogP contribution in [0.25, 0.3) is 22.2 Å². The van der Waals surface area contributed by atoms with E-state index in [2.05, 4.69) is 19.3 Å². The van der Waals surface area contributed by atoms with E-state index in [0.29, 0.717) is 17.0 Å². The van der Waals surface area contributed by atoms with Crippen molar-refractivity contribution >= 4 is 28.7 Å². The number of halogens is 5. The van der Waals surface area contributed by atoms with E-state index in [1.807, 2.05) is 6.26 Å². The van der Waals surface area contributed by atoms with Crippen LogP contribution < -0.4 is 4.90 Å². The van der Waals surface area contributed by atoms with Crippen molar-refractivity contribution in [2.75, 3.05) is 37.3 Å². The molecule has 0 radical (unpaired) electrons. The summed E-state index contributed by atoms with van der Waals surface area (Å²) in [4.78, 5) is 6.56. The molecule has 5 nitrogen and oxygen atoms in total. The molecule has 4 rings (SSSR count). The first kappa shape index (κ1) is 21.8. The van der Waals surface area contributed by atoms with E-state index >= 15 is 0 Å². The summed E-state index contributed by atoms with van der Waals surface area (Å²) in [5.41, 5.74) is -2.02. The fourth-order valence-electron chi connectivity index (χ4n) is 3.76. The van der Waals surface area contributed by atoms with Gasteiger partial charge in [-0.15, -0.1) is 0 Å². The Balaban J connectivity index is 1.79. The van der Waals surface area contributed by atoms with Gasteiger partial charge in [-0.25, -0.2) is 18.1 Å². The summed E-state index contributed by atoms with van der Waals surface area (Å²) in [5.74, 6) is -1.96. The highest BCUT2D eigenvalue weighted by Crippen LogP contribution is 2.39. The molecule has 11 heteroatoms. The van der Waals surface area contributed by atoms with E-state index in [1.54, 1.807) is 25.1 Å². The number of aromatic nitrogens is 3. The van der Waals surface area contributed by atoms with Crippen molar-refractivity contribution in [1.29, 1.82) is 0 Å². The van der Waals surface area contributed by atoms with E-state index in [0.717, 1.165) is 38.9 Å². The number of piperazine rings is 1. The molecule has 3 aromatic rings. The highest BCUT2D eigenvalue weighted by Gasteiger charge is 2.37. The highest BCUT2D eigenvalue weighted by molar-refractivity contribution is 7.96. The largest absolute Gasteiger partial charge is 0.419 e. The van der Waals surface area contributed by atoms with Crippen LogP contribution in [-0.4, -0.2) is 51.5 Å². The second kappa shape index (κ2) is 7.94. The Bertz CT molecular complexity index is 1140. The molecule has 0 unspecified atom stereocenters. The number of benzene rings is 1. The molecule has 1 aliphatic rings. The summed E-state index contributed by atoms with van der Waals surface area (Å²) in [6.07, 6.45) is -1.44. The second-order valence-electron chi connectivity index (χ2n) is 7.35. The zero-order valence-corrected chi connectivity index (χ0v) is 17.9. The molecule has 1 aliphatic heterocycles. The number of aryl methyl sites for hydroxylation is 1. The van der Waals surface area contributed by atoms with Gasteiger partial charge >= 0.3 is 6.18 Å². The topological polar surface area (TPSA) is 37.2 Å². The third-order valence-electron chi connectivity index (χ3n) is 5.52. The van der Waals surface area contributed by atoms with Gasteiger partial charge in [0.2, 0.25) is 0 Å². The van der Waals surface area contributed by atoms with Crippen LogP contribution in [-0.2, 0) is 13.2 Å². The Hall–Kier alpha value is -2.40. The quantitative estimate of drug-likeness (QED) is 0.423. The zero-order valence-electron chi connectivity index (χ0n) is 17.1. The van der Waals surface area contributed by atoms with Crippen molar-refractivity contribution in [3.05, 3.63) is 41.1 Å². The summed E-state index contributed by atoms with van der Waals surface area (Å²) >= 11 is 1.69. The van der Waals surface area contributed by atoms with Gasteiger partial charge in [-0.3, -0.25) is 4.68 Å². The van der Waals surface area contributed by atoms with Gasteiger partial charge in [0.25, 0.3) is 0 Å². The smallest absolute Gasteiger partial charge is 0.354 e. The number of rotatable bonds is 3. The van der Waals surface area contributed by atoms with Gasteiger partial charge in [0.05, 0.1) is 11.1 Å². The number of alkyl halides is 3. The van der Waals surface area contributed by atoms with Gasteiger partial charge in [0.1, 0.15) is 23.1 Å². The minimum absolute atomic E-state index is 0.00477. The van der Waals surface area contributed by atoms with Crippen LogP contribution in [0.5, 0.6) is 0 Å². The third-order valence-corrected chi connectivity index (χ3v) is 6.40. The predicted molar refractivity (Wildman–Crippen MR) is 111 cm³/mol. The fourth-order valence-corrected chi connectivity index (χ4v) is 4.29. The number of anilines is 1. The number of pyridine rings is 1. The normalized spacial score (nSPS) is 15.8. The Morgan fingerprint density at radius 2 is 1.71 bits per heavy atom. The molecule has 0 N–H and O–H groups in total. The van der Waals surface area contributed by atoms with Gasteiger partial charge < -0.3 is 4.90 Å². The van der Waals surface area contributed by atoms with Crippen molar-refractivity contribution in [3.63, 3.8) is 0 Å². The summed E-state index contributed by atoms with van der Waals surface area (Å²) in [6.45, 7) is 4.30. The summed E-state index contributed by atoms with van der Waals surface area (Å²) in [6, 6.07) is 2.27. The molecule has 0 atom stereocenters. The van der Waals surface area contributed by atoms with E-state index in [-0.39, 0.29) is 5.69 Å². The lowest BCUT2D eigenvalue weighted by atomic mass is 10.0. The number of hydrogen-bond donors (Lipinski definition) is 0. The van der Waals surface area contributed by atoms with Crippen molar-refractivity contribution in [3.8, 4) is 11.3 Å². The van der Waals surface area contributed by atoms with Crippen LogP contribution in [0, 0.1) is 18.6 Å². The average molecular weight is 457 g/mol. The third kappa shape index (κ3) is 3.84. The molecule has 1 fully saturated rings. The standard InChI is InChI=1S/C20H20F5N5S/c1-11-17(21)12(8-14(18(11)22)20(23,24)25)19-13-10-26-16(9-15(13)28(2)27-19)29-4-6-30(31-3)7-5-29/h8-10H,4-7H2,1-3H3. The maximum Gasteiger partial charge on any atom is 0.419 e. The Morgan fingerprint density at radius 1 is 1.03 bits per heavy atom. The molecule has 0 spiro atoms. The van der Waals surface area contributed by atoms with Crippen LogP contribution in [0.3, 0.4) is 0 Å². The van der Waals surface area contributed by atoms with E-state index in [9.17, 15) is 22.0 Å². The second-order valence-corrected chi connectivity index (χ2v) is 8.23. The zero-order chi connectivity index (χ0) is 22.5. The molecular weight excluding hydrogens is 437 g/mol. The number of fused-ring (bicyclic) bond motifs is 1. The van der Waals surface area contributed by atoms with Crippen molar-refractivity contribution in [2.45, 2.75) is 13.1 Å². The summed E-state index contributed by atoms with van der Waals surface area (Å²) in [5, 5.41) is 4.64. The Kier molecular flexibility index (Phi) is 5.59. The summed E-state index contributed by atoms with van der Waals surface area (Å²) < 4.78 is 72.4. The van der Waals surface area contributed by atoms with Crippen molar-refractivity contribution in [1.82, 2.24) is 19.1 Å². The Labute approximate surface area is 180 Å². The minimum atomic E-state index is -4.95. The molecule has 0 amide bonds. The van der Waals surface area contributed by atoms with Crippen LogP contribution in [0.4, 0.5) is 27.8 Å². The van der Waals surface area contributed by atoms with Crippen LogP contribution in [0.15, 0.2) is 18.3 Å². The first-order valence-corrected chi connectivity index (χ1v) is 10.7. The van der Waals surface area contributed by atoms with Gasteiger partial charge in [-0.2, -0.15) is 18.3 Å². The maximum atomic E-state index is 14.8. The lowest BCUT2D eigenvalue weighted by Gasteiger charge is -2.33. The molecule has 31 heavy (non-hydrogen) atoms. The monoisotopic (exact) mass is 457 g/mol. The van der Waals surface area contributed by atoms with Gasteiger partial charge in [0.15, 0.2) is 0 Å².